The maximum atomic E-state index is 13.3. The molecule has 1 aromatic carbocycles. The molecule has 0 bridgehead atoms. The Morgan fingerprint density at radius 3 is 2.29 bits per heavy atom. The van der Waals surface area contributed by atoms with E-state index in [0.29, 0.717) is 4.68 Å². The molecule has 16 heteroatoms. The van der Waals surface area contributed by atoms with Crippen LogP contribution in [-0.4, -0.2) is 35.6 Å². The SMILES string of the molecule is C=CCOC(=O)Nc1c(C2(C(=O)OC)CC2)c(C#N)nn1-c1c(Cl)cc(S(F)(F)(F)(F)F)cc1Cl. The molecule has 0 spiro atoms. The second-order valence-electron chi connectivity index (χ2n) is 7.39. The molecule has 0 saturated heterocycles. The Kier molecular flexibility index (Phi) is 6.08. The molecule has 1 aromatic heterocycles. The van der Waals surface area contributed by atoms with Crippen molar-refractivity contribution in [3.8, 4) is 11.8 Å². The third-order valence-corrected chi connectivity index (χ3v) is 6.70. The van der Waals surface area contributed by atoms with Crippen molar-refractivity contribution in [2.75, 3.05) is 19.0 Å². The summed E-state index contributed by atoms with van der Waals surface area (Å²) >= 11 is 11.8. The molecule has 0 unspecified atom stereocenters. The molecule has 1 fully saturated rings. The minimum Gasteiger partial charge on any atom is -0.468 e. The molecule has 1 amide bonds. The largest absolute Gasteiger partial charge is 0.468 e. The standard InChI is InChI=1S/C19H15Cl2F5N4O4S/c1-3-6-34-18(32)28-16-14(19(4-5-19)17(31)33-2)13(9-27)29-30(16)15-11(20)7-10(8-12(15)21)35(22,23,24,25)26/h3,7-8H,1,4-6H2,2H3,(H,28,32). The summed E-state index contributed by atoms with van der Waals surface area (Å²) in [7, 11) is -9.07. The first-order valence-electron chi connectivity index (χ1n) is 9.39. The second kappa shape index (κ2) is 8.00. The molecule has 3 rings (SSSR count). The van der Waals surface area contributed by atoms with Crippen LogP contribution in [-0.2, 0) is 19.7 Å². The molecular formula is C19H15Cl2F5N4O4S. The number of methoxy groups -OCH3 is 1. The molecule has 35 heavy (non-hydrogen) atoms. The van der Waals surface area contributed by atoms with E-state index < -0.39 is 59.8 Å². The lowest BCUT2D eigenvalue weighted by Gasteiger charge is -2.40. The second-order valence-corrected chi connectivity index (χ2v) is 10.6. The van der Waals surface area contributed by atoms with E-state index in [9.17, 15) is 34.3 Å². The Hall–Kier alpha value is -3.02. The smallest absolute Gasteiger partial charge is 0.413 e. The number of nitrogens with zero attached hydrogens (tertiary/aromatic N) is 3. The molecule has 190 valence electrons. The van der Waals surface area contributed by atoms with Crippen molar-refractivity contribution in [3.63, 3.8) is 0 Å². The zero-order valence-corrected chi connectivity index (χ0v) is 19.9. The van der Waals surface area contributed by atoms with Crippen LogP contribution in [0.25, 0.3) is 5.69 Å². The Morgan fingerprint density at radius 2 is 1.86 bits per heavy atom. The van der Waals surface area contributed by atoms with E-state index in [2.05, 4.69) is 17.0 Å². The van der Waals surface area contributed by atoms with Crippen LogP contribution in [0.15, 0.2) is 29.7 Å². The number of carbonyl (C=O) groups is 2. The van der Waals surface area contributed by atoms with Gasteiger partial charge in [0.25, 0.3) is 0 Å². The Labute approximate surface area is 204 Å². The van der Waals surface area contributed by atoms with Crippen LogP contribution in [0, 0.1) is 11.3 Å². The van der Waals surface area contributed by atoms with Gasteiger partial charge in [0.05, 0.1) is 28.1 Å². The van der Waals surface area contributed by atoms with Gasteiger partial charge in [-0.15, -0.1) is 0 Å². The number of halogens is 7. The van der Waals surface area contributed by atoms with Crippen molar-refractivity contribution in [3.05, 3.63) is 46.1 Å². The molecule has 1 saturated carbocycles. The number of hydrogen-bond donors (Lipinski definition) is 1. The predicted molar refractivity (Wildman–Crippen MR) is 118 cm³/mol. The van der Waals surface area contributed by atoms with Crippen molar-refractivity contribution in [1.82, 2.24) is 9.78 Å². The number of amides is 1. The number of nitrogens with one attached hydrogen (secondary N) is 1. The molecule has 1 aliphatic rings. The maximum absolute atomic E-state index is 13.3. The summed E-state index contributed by atoms with van der Waals surface area (Å²) in [6.07, 6.45) is 0.484. The van der Waals surface area contributed by atoms with Crippen LogP contribution in [0.2, 0.25) is 10.0 Å². The van der Waals surface area contributed by atoms with E-state index in [4.69, 9.17) is 32.7 Å². The number of rotatable bonds is 7. The number of esters is 1. The Bertz CT molecular complexity index is 1280. The average molecular weight is 561 g/mol. The minimum atomic E-state index is -10.2. The highest BCUT2D eigenvalue weighted by molar-refractivity contribution is 8.45. The fourth-order valence-corrected chi connectivity index (χ4v) is 4.80. The van der Waals surface area contributed by atoms with Gasteiger partial charge in [-0.3, -0.25) is 10.1 Å². The van der Waals surface area contributed by atoms with Crippen molar-refractivity contribution >= 4 is 51.3 Å². The molecular weight excluding hydrogens is 546 g/mol. The number of nitriles is 1. The van der Waals surface area contributed by atoms with E-state index in [1.165, 1.54) is 6.08 Å². The first kappa shape index (κ1) is 26.6. The van der Waals surface area contributed by atoms with Gasteiger partial charge in [0.1, 0.15) is 29.1 Å². The average Bonchev–Trinajstić information content (AvgIpc) is 3.46. The molecule has 0 radical (unpaired) electrons. The fourth-order valence-electron chi connectivity index (χ4n) is 3.34. The Balaban J connectivity index is 2.31. The van der Waals surface area contributed by atoms with Crippen LogP contribution >= 0.6 is 33.4 Å². The van der Waals surface area contributed by atoms with Crippen LogP contribution in [0.1, 0.15) is 24.1 Å². The summed E-state index contributed by atoms with van der Waals surface area (Å²) in [6, 6.07) is 1.62. The maximum Gasteiger partial charge on any atom is 0.413 e. The van der Waals surface area contributed by atoms with Crippen LogP contribution in [0.5, 0.6) is 0 Å². The van der Waals surface area contributed by atoms with E-state index >= 15 is 0 Å². The van der Waals surface area contributed by atoms with Gasteiger partial charge in [0.2, 0.25) is 0 Å². The third-order valence-electron chi connectivity index (χ3n) is 5.00. The summed E-state index contributed by atoms with van der Waals surface area (Å²) in [5, 5.41) is 14.0. The summed E-state index contributed by atoms with van der Waals surface area (Å²) in [6.45, 7) is 3.13. The number of carbonyl (C=O) groups excluding carboxylic acids is 2. The number of anilines is 1. The quantitative estimate of drug-likeness (QED) is 0.231. The molecule has 0 atom stereocenters. The highest BCUT2D eigenvalue weighted by Crippen LogP contribution is 3.02. The van der Waals surface area contributed by atoms with Gasteiger partial charge in [-0.05, 0) is 25.0 Å². The minimum absolute atomic E-state index is 0.0509. The highest BCUT2D eigenvalue weighted by atomic mass is 35.5. The predicted octanol–water partition coefficient (Wildman–Crippen LogP) is 6.65. The lowest BCUT2D eigenvalue weighted by atomic mass is 9.95. The zero-order chi connectivity index (χ0) is 26.5. The monoisotopic (exact) mass is 560 g/mol. The first-order valence-corrected chi connectivity index (χ1v) is 12.1. The van der Waals surface area contributed by atoms with Gasteiger partial charge in [0.15, 0.2) is 5.69 Å². The van der Waals surface area contributed by atoms with Crippen LogP contribution in [0.4, 0.5) is 30.0 Å². The van der Waals surface area contributed by atoms with Crippen molar-refractivity contribution in [2.24, 2.45) is 0 Å². The van der Waals surface area contributed by atoms with Crippen molar-refractivity contribution in [2.45, 2.75) is 23.2 Å². The van der Waals surface area contributed by atoms with E-state index in [-0.39, 0.29) is 37.1 Å². The Morgan fingerprint density at radius 1 is 1.29 bits per heavy atom. The topological polar surface area (TPSA) is 106 Å². The number of benzene rings is 1. The number of hydrogen-bond acceptors (Lipinski definition) is 6. The number of aromatic nitrogens is 2. The summed E-state index contributed by atoms with van der Waals surface area (Å²) in [5.41, 5.74) is -2.54. The third kappa shape index (κ3) is 5.02. The van der Waals surface area contributed by atoms with E-state index in [0.717, 1.165) is 7.11 Å². The summed E-state index contributed by atoms with van der Waals surface area (Å²) in [4.78, 5) is 22.4. The van der Waals surface area contributed by atoms with Gasteiger partial charge < -0.3 is 9.47 Å². The summed E-state index contributed by atoms with van der Waals surface area (Å²) < 4.78 is 76.9. The van der Waals surface area contributed by atoms with Crippen molar-refractivity contribution < 1.29 is 38.5 Å². The lowest BCUT2D eigenvalue weighted by molar-refractivity contribution is -0.143. The molecule has 8 nitrogen and oxygen atoms in total. The van der Waals surface area contributed by atoms with Crippen molar-refractivity contribution in [1.29, 1.82) is 5.26 Å². The molecule has 2 aromatic rings. The van der Waals surface area contributed by atoms with Gasteiger partial charge in [-0.25, -0.2) is 9.48 Å². The normalized spacial score (nSPS) is 16.3. The molecule has 0 aliphatic heterocycles. The van der Waals surface area contributed by atoms with Crippen LogP contribution < -0.4 is 5.32 Å². The molecule has 1 N–H and O–H groups in total. The fraction of sp³-hybridized carbons (Fsp3) is 0.263. The van der Waals surface area contributed by atoms with Gasteiger partial charge in [0, 0.05) is 0 Å². The molecule has 1 aliphatic carbocycles. The van der Waals surface area contributed by atoms with Gasteiger partial charge in [-0.2, -0.15) is 10.4 Å². The number of ether oxygens (including phenoxy) is 2. The van der Waals surface area contributed by atoms with Gasteiger partial charge in [-0.1, -0.05) is 55.3 Å². The van der Waals surface area contributed by atoms with E-state index in [1.54, 1.807) is 6.07 Å². The first-order chi connectivity index (χ1) is 16.0. The summed E-state index contributed by atoms with van der Waals surface area (Å²) in [5.74, 6) is -1.17. The molecule has 1 heterocycles. The lowest BCUT2D eigenvalue weighted by Crippen LogP contribution is -2.25. The van der Waals surface area contributed by atoms with Crippen LogP contribution in [0.3, 0.4) is 0 Å². The zero-order valence-electron chi connectivity index (χ0n) is 17.6. The van der Waals surface area contributed by atoms with E-state index in [1.807, 2.05) is 0 Å². The van der Waals surface area contributed by atoms with Gasteiger partial charge >= 0.3 is 22.3 Å². The highest BCUT2D eigenvalue weighted by Gasteiger charge is 2.66.